The van der Waals surface area contributed by atoms with Crippen LogP contribution < -0.4 is 9.47 Å². The third-order valence-corrected chi connectivity index (χ3v) is 2.97. The fraction of sp³-hybridized carbons (Fsp3) is 0.588. The van der Waals surface area contributed by atoms with Crippen LogP contribution >= 0.6 is 0 Å². The molecule has 0 amide bonds. The molecule has 0 bridgehead atoms. The van der Waals surface area contributed by atoms with E-state index in [1.807, 2.05) is 13.8 Å². The molecule has 0 aliphatic rings. The van der Waals surface area contributed by atoms with Crippen molar-refractivity contribution < 1.29 is 19.0 Å². The van der Waals surface area contributed by atoms with E-state index in [0.29, 0.717) is 36.9 Å². The maximum absolute atomic E-state index is 12.1. The van der Waals surface area contributed by atoms with Gasteiger partial charge in [0.2, 0.25) is 0 Å². The Bertz CT molecular complexity index is 405. The van der Waals surface area contributed by atoms with E-state index in [9.17, 15) is 4.79 Å². The number of esters is 1. The third-order valence-electron chi connectivity index (χ3n) is 2.97. The zero-order valence-corrected chi connectivity index (χ0v) is 13.3. The first kappa shape index (κ1) is 17.3. The molecule has 1 aromatic carbocycles. The number of hydrogen-bond acceptors (Lipinski definition) is 4. The summed E-state index contributed by atoms with van der Waals surface area (Å²) in [7, 11) is 0. The molecule has 1 aromatic rings. The van der Waals surface area contributed by atoms with Gasteiger partial charge in [-0.3, -0.25) is 0 Å². The highest BCUT2D eigenvalue weighted by Crippen LogP contribution is 2.23. The zero-order valence-electron chi connectivity index (χ0n) is 13.3. The van der Waals surface area contributed by atoms with Crippen molar-refractivity contribution in [3.8, 4) is 11.5 Å². The molecule has 0 aliphatic heterocycles. The molecule has 0 N–H and O–H groups in total. The summed E-state index contributed by atoms with van der Waals surface area (Å²) >= 11 is 0. The highest BCUT2D eigenvalue weighted by atomic mass is 16.5. The van der Waals surface area contributed by atoms with Gasteiger partial charge in [0.05, 0.1) is 25.4 Å². The van der Waals surface area contributed by atoms with Gasteiger partial charge in [0.1, 0.15) is 11.5 Å². The van der Waals surface area contributed by atoms with Gasteiger partial charge in [-0.05, 0) is 32.4 Å². The Morgan fingerprint density at radius 1 is 0.905 bits per heavy atom. The average Bonchev–Trinajstić information content (AvgIpc) is 2.47. The number of rotatable bonds is 10. The summed E-state index contributed by atoms with van der Waals surface area (Å²) < 4.78 is 16.2. The second-order valence-corrected chi connectivity index (χ2v) is 4.76. The van der Waals surface area contributed by atoms with Gasteiger partial charge < -0.3 is 14.2 Å². The van der Waals surface area contributed by atoms with Crippen LogP contribution in [0.3, 0.4) is 0 Å². The number of carbonyl (C=O) groups excluding carboxylic acids is 1. The highest BCUT2D eigenvalue weighted by molar-refractivity contribution is 5.90. The first-order chi connectivity index (χ1) is 10.2. The maximum Gasteiger partial charge on any atom is 0.338 e. The number of hydrogen-bond donors (Lipinski definition) is 0. The Morgan fingerprint density at radius 2 is 1.52 bits per heavy atom. The van der Waals surface area contributed by atoms with Crippen molar-refractivity contribution in [3.05, 3.63) is 23.8 Å². The molecule has 0 aliphatic carbocycles. The van der Waals surface area contributed by atoms with Crippen LogP contribution in [0.25, 0.3) is 0 Å². The summed E-state index contributed by atoms with van der Waals surface area (Å²) in [6, 6.07) is 5.17. The molecular formula is C17H26O4. The number of benzene rings is 1. The fourth-order valence-corrected chi connectivity index (χ4v) is 1.97. The van der Waals surface area contributed by atoms with Crippen LogP contribution in [0.1, 0.15) is 56.8 Å². The minimum atomic E-state index is -0.325. The zero-order chi connectivity index (χ0) is 15.5. The van der Waals surface area contributed by atoms with Crippen LogP contribution in [0.15, 0.2) is 18.2 Å². The van der Waals surface area contributed by atoms with Crippen LogP contribution in [0, 0.1) is 0 Å². The van der Waals surface area contributed by atoms with Gasteiger partial charge in [-0.1, -0.05) is 26.2 Å². The van der Waals surface area contributed by atoms with Gasteiger partial charge in [-0.25, -0.2) is 4.79 Å². The molecule has 0 saturated heterocycles. The Hall–Kier alpha value is -1.71. The molecule has 0 spiro atoms. The molecule has 0 fully saturated rings. The lowest BCUT2D eigenvalue weighted by Crippen LogP contribution is -2.07. The number of unbranched alkanes of at least 4 members (excludes halogenated alkanes) is 3. The van der Waals surface area contributed by atoms with E-state index < -0.39 is 0 Å². The van der Waals surface area contributed by atoms with Crippen molar-refractivity contribution >= 4 is 5.97 Å². The molecule has 118 valence electrons. The molecule has 21 heavy (non-hydrogen) atoms. The van der Waals surface area contributed by atoms with Crippen molar-refractivity contribution in [2.45, 2.75) is 46.5 Å². The van der Waals surface area contributed by atoms with Crippen LogP contribution in [0.2, 0.25) is 0 Å². The monoisotopic (exact) mass is 294 g/mol. The largest absolute Gasteiger partial charge is 0.494 e. The van der Waals surface area contributed by atoms with E-state index in [1.54, 1.807) is 18.2 Å². The predicted molar refractivity (Wildman–Crippen MR) is 83.2 cm³/mol. The molecule has 0 unspecified atom stereocenters. The highest BCUT2D eigenvalue weighted by Gasteiger charge is 2.11. The lowest BCUT2D eigenvalue weighted by molar-refractivity contribution is 0.0496. The van der Waals surface area contributed by atoms with Gasteiger partial charge in [-0.15, -0.1) is 0 Å². The van der Waals surface area contributed by atoms with Crippen molar-refractivity contribution in [2.75, 3.05) is 19.8 Å². The Balaban J connectivity index is 2.64. The van der Waals surface area contributed by atoms with Crippen LogP contribution in [0.5, 0.6) is 11.5 Å². The molecule has 0 saturated carbocycles. The summed E-state index contributed by atoms with van der Waals surface area (Å²) in [5.41, 5.74) is 0.472. The molecule has 0 radical (unpaired) electrons. The Morgan fingerprint density at radius 3 is 2.05 bits per heavy atom. The standard InChI is InChI=1S/C17H26O4/c1-4-7-8-9-10-21-17(18)14-11-15(19-5-2)13-16(12-14)20-6-3/h11-13H,4-10H2,1-3H3. The van der Waals surface area contributed by atoms with Crippen molar-refractivity contribution in [3.63, 3.8) is 0 Å². The van der Waals surface area contributed by atoms with Crippen LogP contribution in [-0.2, 0) is 4.74 Å². The molecular weight excluding hydrogens is 268 g/mol. The summed E-state index contributed by atoms with van der Waals surface area (Å²) in [5, 5.41) is 0. The molecule has 4 nitrogen and oxygen atoms in total. The molecule has 1 rings (SSSR count). The molecule has 0 aromatic heterocycles. The minimum absolute atomic E-state index is 0.325. The second-order valence-electron chi connectivity index (χ2n) is 4.76. The number of carbonyl (C=O) groups is 1. The van der Waals surface area contributed by atoms with Gasteiger partial charge >= 0.3 is 5.97 Å². The van der Waals surface area contributed by atoms with Gasteiger partial charge in [0.15, 0.2) is 0 Å². The van der Waals surface area contributed by atoms with Gasteiger partial charge in [-0.2, -0.15) is 0 Å². The summed E-state index contributed by atoms with van der Waals surface area (Å²) in [5.74, 6) is 0.928. The second kappa shape index (κ2) is 10.1. The summed E-state index contributed by atoms with van der Waals surface area (Å²) in [6.45, 7) is 7.50. The number of ether oxygens (including phenoxy) is 3. The van der Waals surface area contributed by atoms with E-state index in [4.69, 9.17) is 14.2 Å². The lowest BCUT2D eigenvalue weighted by atomic mass is 10.2. The van der Waals surface area contributed by atoms with Crippen LogP contribution in [0.4, 0.5) is 0 Å². The minimum Gasteiger partial charge on any atom is -0.494 e. The van der Waals surface area contributed by atoms with E-state index >= 15 is 0 Å². The van der Waals surface area contributed by atoms with Gasteiger partial charge in [0, 0.05) is 6.07 Å². The van der Waals surface area contributed by atoms with Crippen molar-refractivity contribution in [2.24, 2.45) is 0 Å². The van der Waals surface area contributed by atoms with Gasteiger partial charge in [0.25, 0.3) is 0 Å². The Kier molecular flexibility index (Phi) is 8.32. The van der Waals surface area contributed by atoms with Crippen LogP contribution in [-0.4, -0.2) is 25.8 Å². The fourth-order valence-electron chi connectivity index (χ4n) is 1.97. The van der Waals surface area contributed by atoms with Crippen molar-refractivity contribution in [1.29, 1.82) is 0 Å². The molecule has 0 heterocycles. The van der Waals surface area contributed by atoms with Crippen molar-refractivity contribution in [1.82, 2.24) is 0 Å². The Labute approximate surface area is 127 Å². The smallest absolute Gasteiger partial charge is 0.338 e. The average molecular weight is 294 g/mol. The quantitative estimate of drug-likeness (QED) is 0.479. The third kappa shape index (κ3) is 6.52. The lowest BCUT2D eigenvalue weighted by Gasteiger charge is -2.10. The topological polar surface area (TPSA) is 44.8 Å². The normalized spacial score (nSPS) is 10.2. The predicted octanol–water partition coefficient (Wildman–Crippen LogP) is 4.22. The van der Waals surface area contributed by atoms with E-state index in [1.165, 1.54) is 12.8 Å². The maximum atomic E-state index is 12.1. The summed E-state index contributed by atoms with van der Waals surface area (Å²) in [6.07, 6.45) is 4.34. The summed E-state index contributed by atoms with van der Waals surface area (Å²) in [4.78, 5) is 12.1. The molecule has 4 heteroatoms. The molecule has 0 atom stereocenters. The van der Waals surface area contributed by atoms with E-state index in [2.05, 4.69) is 6.92 Å². The van der Waals surface area contributed by atoms with E-state index in [-0.39, 0.29) is 5.97 Å². The van der Waals surface area contributed by atoms with E-state index in [0.717, 1.165) is 12.8 Å². The first-order valence-corrected chi connectivity index (χ1v) is 7.79. The SMILES string of the molecule is CCCCCCOC(=O)c1cc(OCC)cc(OCC)c1. The first-order valence-electron chi connectivity index (χ1n) is 7.79.